The Hall–Kier alpha value is -1.24. The maximum Gasteiger partial charge on any atom is 0.230 e. The van der Waals surface area contributed by atoms with Crippen LogP contribution in [0.4, 0.5) is 0 Å². The standard InChI is InChI=1S/C9H17N5OS/c1-5(6(10)15)16-8-13-12-7(14(8)11)9(2,3)4/h5H,11H2,1-4H3,(H2,10,15)/t5-/m1/s1. The van der Waals surface area contributed by atoms with Crippen LogP contribution in [0.15, 0.2) is 5.16 Å². The smallest absolute Gasteiger partial charge is 0.230 e. The molecule has 0 aliphatic heterocycles. The molecule has 0 bridgehead atoms. The SMILES string of the molecule is C[C@@H](Sc1nnc(C(C)(C)C)n1N)C(N)=O. The van der Waals surface area contributed by atoms with Gasteiger partial charge in [0.1, 0.15) is 0 Å². The van der Waals surface area contributed by atoms with Gasteiger partial charge in [-0.1, -0.05) is 32.5 Å². The van der Waals surface area contributed by atoms with Crippen molar-refractivity contribution >= 4 is 17.7 Å². The molecule has 0 aromatic carbocycles. The Bertz CT molecular complexity index is 395. The first kappa shape index (κ1) is 12.8. The summed E-state index contributed by atoms with van der Waals surface area (Å²) in [5.74, 6) is 6.13. The predicted octanol–water partition coefficient (Wildman–Crippen LogP) is 0.255. The highest BCUT2D eigenvalue weighted by Crippen LogP contribution is 2.25. The number of carbonyl (C=O) groups excluding carboxylic acids is 1. The maximum atomic E-state index is 10.9. The van der Waals surface area contributed by atoms with Crippen molar-refractivity contribution in [3.05, 3.63) is 5.82 Å². The molecule has 1 heterocycles. The summed E-state index contributed by atoms with van der Waals surface area (Å²) in [4.78, 5) is 10.9. The van der Waals surface area contributed by atoms with Crippen LogP contribution in [0.2, 0.25) is 0 Å². The van der Waals surface area contributed by atoms with E-state index in [-0.39, 0.29) is 10.7 Å². The Kier molecular flexibility index (Phi) is 3.47. The fraction of sp³-hybridized carbons (Fsp3) is 0.667. The largest absolute Gasteiger partial charge is 0.369 e. The number of nitrogens with zero attached hydrogens (tertiary/aromatic N) is 3. The van der Waals surface area contributed by atoms with Crippen LogP contribution in [0.1, 0.15) is 33.5 Å². The number of nitrogens with two attached hydrogens (primary N) is 2. The molecule has 1 aromatic heterocycles. The highest BCUT2D eigenvalue weighted by atomic mass is 32.2. The molecule has 0 fully saturated rings. The molecule has 0 spiro atoms. The molecule has 4 N–H and O–H groups in total. The Morgan fingerprint density at radius 3 is 2.38 bits per heavy atom. The number of rotatable bonds is 3. The van der Waals surface area contributed by atoms with Crippen LogP contribution in [0.3, 0.4) is 0 Å². The van der Waals surface area contributed by atoms with Crippen LogP contribution in [0.25, 0.3) is 0 Å². The summed E-state index contributed by atoms with van der Waals surface area (Å²) in [5, 5.41) is 8.08. The van der Waals surface area contributed by atoms with Crippen molar-refractivity contribution in [1.29, 1.82) is 0 Å². The van der Waals surface area contributed by atoms with Gasteiger partial charge in [0.25, 0.3) is 0 Å². The molecule has 7 heteroatoms. The van der Waals surface area contributed by atoms with Crippen molar-refractivity contribution < 1.29 is 4.79 Å². The van der Waals surface area contributed by atoms with Crippen molar-refractivity contribution in [3.8, 4) is 0 Å². The highest BCUT2D eigenvalue weighted by Gasteiger charge is 2.24. The van der Waals surface area contributed by atoms with Gasteiger partial charge in [-0.15, -0.1) is 10.2 Å². The summed E-state index contributed by atoms with van der Waals surface area (Å²) in [6.07, 6.45) is 0. The molecule has 1 rings (SSSR count). The summed E-state index contributed by atoms with van der Waals surface area (Å²) in [6.45, 7) is 7.68. The average Bonchev–Trinajstić information content (AvgIpc) is 2.46. The summed E-state index contributed by atoms with van der Waals surface area (Å²) in [5.41, 5.74) is 4.98. The molecule has 1 aromatic rings. The second kappa shape index (κ2) is 4.32. The lowest BCUT2D eigenvalue weighted by atomic mass is 9.96. The molecule has 0 saturated carbocycles. The average molecular weight is 243 g/mol. The van der Waals surface area contributed by atoms with Gasteiger partial charge in [-0.3, -0.25) is 4.79 Å². The van der Waals surface area contributed by atoms with E-state index in [9.17, 15) is 4.79 Å². The minimum atomic E-state index is -0.398. The first-order valence-corrected chi connectivity index (χ1v) is 5.78. The summed E-state index contributed by atoms with van der Waals surface area (Å²) >= 11 is 1.21. The number of carbonyl (C=O) groups is 1. The molecule has 0 aliphatic carbocycles. The number of amides is 1. The topological polar surface area (TPSA) is 99.8 Å². The van der Waals surface area contributed by atoms with Gasteiger partial charge < -0.3 is 11.6 Å². The Balaban J connectivity index is 2.93. The predicted molar refractivity (Wildman–Crippen MR) is 63.4 cm³/mol. The second-order valence-corrected chi connectivity index (χ2v) is 5.90. The zero-order valence-electron chi connectivity index (χ0n) is 9.89. The van der Waals surface area contributed by atoms with Gasteiger partial charge in [0.2, 0.25) is 11.1 Å². The van der Waals surface area contributed by atoms with Crippen molar-refractivity contribution in [1.82, 2.24) is 14.9 Å². The molecular weight excluding hydrogens is 226 g/mol. The Morgan fingerprint density at radius 1 is 1.44 bits per heavy atom. The molecule has 0 unspecified atom stereocenters. The lowest BCUT2D eigenvalue weighted by molar-refractivity contribution is -0.117. The van der Waals surface area contributed by atoms with E-state index in [2.05, 4.69) is 10.2 Å². The van der Waals surface area contributed by atoms with Crippen molar-refractivity contribution in [2.75, 3.05) is 5.84 Å². The Labute approximate surface area is 98.7 Å². The summed E-state index contributed by atoms with van der Waals surface area (Å²) in [7, 11) is 0. The third kappa shape index (κ3) is 2.66. The number of primary amides is 1. The van der Waals surface area contributed by atoms with E-state index in [1.54, 1.807) is 6.92 Å². The van der Waals surface area contributed by atoms with Crippen molar-refractivity contribution in [2.24, 2.45) is 5.73 Å². The van der Waals surface area contributed by atoms with Gasteiger partial charge in [0, 0.05) is 5.41 Å². The number of hydrogen-bond acceptors (Lipinski definition) is 5. The highest BCUT2D eigenvalue weighted by molar-refractivity contribution is 8.00. The number of hydrogen-bond donors (Lipinski definition) is 2. The van der Waals surface area contributed by atoms with Gasteiger partial charge in [0.05, 0.1) is 5.25 Å². The minimum Gasteiger partial charge on any atom is -0.369 e. The van der Waals surface area contributed by atoms with Gasteiger partial charge in [0.15, 0.2) is 5.82 Å². The van der Waals surface area contributed by atoms with Gasteiger partial charge in [-0.25, -0.2) is 4.68 Å². The van der Waals surface area contributed by atoms with E-state index in [1.807, 2.05) is 20.8 Å². The van der Waals surface area contributed by atoms with Crippen LogP contribution in [0.5, 0.6) is 0 Å². The molecule has 6 nitrogen and oxygen atoms in total. The summed E-state index contributed by atoms with van der Waals surface area (Å²) in [6, 6.07) is 0. The van der Waals surface area contributed by atoms with Gasteiger partial charge in [-0.2, -0.15) is 0 Å². The number of thioether (sulfide) groups is 1. The molecule has 16 heavy (non-hydrogen) atoms. The van der Waals surface area contributed by atoms with Crippen LogP contribution < -0.4 is 11.6 Å². The zero-order valence-corrected chi connectivity index (χ0v) is 10.7. The van der Waals surface area contributed by atoms with E-state index < -0.39 is 5.91 Å². The molecule has 1 atom stereocenters. The van der Waals surface area contributed by atoms with Crippen LogP contribution in [-0.2, 0) is 10.2 Å². The van der Waals surface area contributed by atoms with E-state index >= 15 is 0 Å². The van der Waals surface area contributed by atoms with E-state index in [0.717, 1.165) is 0 Å². The molecule has 1 amide bonds. The quantitative estimate of drug-likeness (QED) is 0.585. The Morgan fingerprint density at radius 2 is 2.00 bits per heavy atom. The first-order chi connectivity index (χ1) is 7.23. The zero-order chi connectivity index (χ0) is 12.5. The van der Waals surface area contributed by atoms with E-state index in [0.29, 0.717) is 11.0 Å². The fourth-order valence-corrected chi connectivity index (χ4v) is 1.81. The normalized spacial score (nSPS) is 13.8. The van der Waals surface area contributed by atoms with E-state index in [4.69, 9.17) is 11.6 Å². The summed E-state index contributed by atoms with van der Waals surface area (Å²) < 4.78 is 1.41. The molecular formula is C9H17N5OS. The van der Waals surface area contributed by atoms with Gasteiger partial charge in [-0.05, 0) is 6.92 Å². The molecule has 90 valence electrons. The third-order valence-corrected chi connectivity index (χ3v) is 3.09. The fourth-order valence-electron chi connectivity index (χ4n) is 1.08. The first-order valence-electron chi connectivity index (χ1n) is 4.90. The minimum absolute atomic E-state index is 0.184. The second-order valence-electron chi connectivity index (χ2n) is 4.59. The maximum absolute atomic E-state index is 10.9. The monoisotopic (exact) mass is 243 g/mol. The van der Waals surface area contributed by atoms with Gasteiger partial charge >= 0.3 is 0 Å². The molecule has 0 aliphatic rings. The van der Waals surface area contributed by atoms with Crippen LogP contribution in [-0.4, -0.2) is 26.0 Å². The third-order valence-electron chi connectivity index (χ3n) is 2.02. The van der Waals surface area contributed by atoms with Crippen molar-refractivity contribution in [3.63, 3.8) is 0 Å². The van der Waals surface area contributed by atoms with Crippen molar-refractivity contribution in [2.45, 2.75) is 43.5 Å². The number of nitrogen functional groups attached to an aromatic ring is 1. The molecule has 0 saturated heterocycles. The van der Waals surface area contributed by atoms with Crippen LogP contribution >= 0.6 is 11.8 Å². The van der Waals surface area contributed by atoms with Crippen LogP contribution in [0, 0.1) is 0 Å². The lowest BCUT2D eigenvalue weighted by Gasteiger charge is -2.16. The van der Waals surface area contributed by atoms with E-state index in [1.165, 1.54) is 16.4 Å². The molecule has 0 radical (unpaired) electrons. The lowest BCUT2D eigenvalue weighted by Crippen LogP contribution is -2.26. The number of aromatic nitrogens is 3.